The fourth-order valence-electron chi connectivity index (χ4n) is 0.976. The summed E-state index contributed by atoms with van der Waals surface area (Å²) in [5.41, 5.74) is 0.757. The zero-order valence-electron chi connectivity index (χ0n) is 6.89. The highest BCUT2D eigenvalue weighted by Gasteiger charge is 2.13. The highest BCUT2D eigenvalue weighted by Crippen LogP contribution is 2.22. The number of hydrogen-bond donors (Lipinski definition) is 1. The minimum absolute atomic E-state index is 0.235. The first-order valence-electron chi connectivity index (χ1n) is 3.61. The zero-order valence-corrected chi connectivity index (χ0v) is 9.05. The second kappa shape index (κ2) is 4.28. The Bertz CT molecular complexity index is 317. The Morgan fingerprint density at radius 1 is 1.62 bits per heavy atom. The predicted octanol–water partition coefficient (Wildman–Crippen LogP) is 2.42. The first-order chi connectivity index (χ1) is 6.06. The van der Waals surface area contributed by atoms with Crippen LogP contribution in [0.3, 0.4) is 0 Å². The molecule has 1 rings (SSSR count). The molecule has 0 aliphatic carbocycles. The summed E-state index contributed by atoms with van der Waals surface area (Å²) >= 11 is 1.98. The van der Waals surface area contributed by atoms with Crippen molar-refractivity contribution in [1.29, 1.82) is 0 Å². The fraction of sp³-hybridized carbons (Fsp3) is 0.375. The van der Waals surface area contributed by atoms with Gasteiger partial charge >= 0.3 is 0 Å². The summed E-state index contributed by atoms with van der Waals surface area (Å²) in [7, 11) is 0. The van der Waals surface area contributed by atoms with Crippen molar-refractivity contribution < 1.29 is 13.9 Å². The van der Waals surface area contributed by atoms with E-state index >= 15 is 0 Å². The van der Waals surface area contributed by atoms with Gasteiger partial charge in [-0.25, -0.2) is 8.78 Å². The third kappa shape index (κ3) is 2.34. The summed E-state index contributed by atoms with van der Waals surface area (Å²) in [6.45, 7) is 1.41. The average molecular weight is 299 g/mol. The lowest BCUT2D eigenvalue weighted by Crippen LogP contribution is -2.00. The van der Waals surface area contributed by atoms with Crippen molar-refractivity contribution in [2.75, 3.05) is 0 Å². The minimum Gasteiger partial charge on any atom is -0.392 e. The first-order valence-corrected chi connectivity index (χ1v) is 4.69. The van der Waals surface area contributed by atoms with Crippen LogP contribution in [0.5, 0.6) is 0 Å². The lowest BCUT2D eigenvalue weighted by atomic mass is 10.2. The molecule has 0 fully saturated rings. The Balaban J connectivity index is 3.22. The van der Waals surface area contributed by atoms with E-state index < -0.39 is 6.43 Å². The number of alkyl halides is 2. The number of rotatable bonds is 2. The van der Waals surface area contributed by atoms with Gasteiger partial charge in [0.15, 0.2) is 0 Å². The van der Waals surface area contributed by atoms with Crippen LogP contribution in [0.2, 0.25) is 0 Å². The van der Waals surface area contributed by atoms with Gasteiger partial charge in [0, 0.05) is 3.57 Å². The summed E-state index contributed by atoms with van der Waals surface area (Å²) in [6, 6.07) is 1.24. The van der Waals surface area contributed by atoms with Gasteiger partial charge in [-0.2, -0.15) is 0 Å². The number of nitrogens with zero attached hydrogens (tertiary/aromatic N) is 1. The number of aryl methyl sites for hydroxylation is 1. The summed E-state index contributed by atoms with van der Waals surface area (Å²) in [5, 5.41) is 8.87. The van der Waals surface area contributed by atoms with Crippen LogP contribution in [0.15, 0.2) is 6.07 Å². The highest BCUT2D eigenvalue weighted by atomic mass is 127. The molecule has 0 saturated carbocycles. The molecule has 0 saturated heterocycles. The maximum atomic E-state index is 12.2. The van der Waals surface area contributed by atoms with Crippen LogP contribution in [0.1, 0.15) is 23.4 Å². The Hall–Kier alpha value is -0.300. The molecule has 0 aliphatic rings. The Morgan fingerprint density at radius 2 is 2.23 bits per heavy atom. The molecule has 0 spiro atoms. The molecule has 0 radical (unpaired) electrons. The summed E-state index contributed by atoms with van der Waals surface area (Å²) in [5.74, 6) is 0. The molecule has 1 aromatic heterocycles. The average Bonchev–Trinajstić information content (AvgIpc) is 2.09. The van der Waals surface area contributed by atoms with Crippen molar-refractivity contribution in [2.45, 2.75) is 20.0 Å². The molecular formula is C8H8F2INO. The van der Waals surface area contributed by atoms with Crippen molar-refractivity contribution in [3.8, 4) is 0 Å². The monoisotopic (exact) mass is 299 g/mol. The van der Waals surface area contributed by atoms with Crippen LogP contribution in [0.25, 0.3) is 0 Å². The number of halogens is 3. The molecule has 1 heterocycles. The number of aliphatic hydroxyl groups excluding tert-OH is 1. The Labute approximate surface area is 88.1 Å². The highest BCUT2D eigenvalue weighted by molar-refractivity contribution is 14.1. The smallest absolute Gasteiger partial charge is 0.280 e. The third-order valence-electron chi connectivity index (χ3n) is 1.61. The Morgan fingerprint density at radius 3 is 2.69 bits per heavy atom. The molecule has 0 unspecified atom stereocenters. The van der Waals surface area contributed by atoms with E-state index in [4.69, 9.17) is 5.11 Å². The molecule has 0 amide bonds. The first kappa shape index (κ1) is 10.8. The standard InChI is InChI=1S/C8H8F2INO/c1-4-7(11)5(3-13)2-6(12-4)8(9)10/h2,8,13H,3H2,1H3. The molecule has 2 nitrogen and oxygen atoms in total. The van der Waals surface area contributed by atoms with Gasteiger partial charge in [0.25, 0.3) is 6.43 Å². The quantitative estimate of drug-likeness (QED) is 0.851. The van der Waals surface area contributed by atoms with Gasteiger partial charge in [-0.15, -0.1) is 0 Å². The molecule has 0 aromatic carbocycles. The summed E-state index contributed by atoms with van der Waals surface area (Å²) in [4.78, 5) is 3.71. The van der Waals surface area contributed by atoms with Crippen molar-refractivity contribution >= 4 is 22.6 Å². The minimum atomic E-state index is -2.58. The van der Waals surface area contributed by atoms with E-state index in [1.54, 1.807) is 6.92 Å². The molecule has 0 aliphatic heterocycles. The normalized spacial score (nSPS) is 10.9. The van der Waals surface area contributed by atoms with Gasteiger partial charge in [0.05, 0.1) is 12.3 Å². The van der Waals surface area contributed by atoms with E-state index in [0.717, 1.165) is 3.57 Å². The fourth-order valence-corrected chi connectivity index (χ4v) is 1.42. The summed E-state index contributed by atoms with van der Waals surface area (Å²) < 4.78 is 25.2. The molecule has 1 aromatic rings. The lowest BCUT2D eigenvalue weighted by Gasteiger charge is -2.07. The Kier molecular flexibility index (Phi) is 3.55. The van der Waals surface area contributed by atoms with E-state index in [1.165, 1.54) is 6.07 Å². The number of aromatic nitrogens is 1. The zero-order chi connectivity index (χ0) is 10.0. The molecule has 5 heteroatoms. The van der Waals surface area contributed by atoms with Crippen molar-refractivity contribution in [1.82, 2.24) is 4.98 Å². The third-order valence-corrected chi connectivity index (χ3v) is 3.09. The largest absolute Gasteiger partial charge is 0.392 e. The topological polar surface area (TPSA) is 33.1 Å². The van der Waals surface area contributed by atoms with Crippen molar-refractivity contribution in [2.24, 2.45) is 0 Å². The van der Waals surface area contributed by atoms with E-state index in [9.17, 15) is 8.78 Å². The number of pyridine rings is 1. The van der Waals surface area contributed by atoms with Crippen LogP contribution < -0.4 is 0 Å². The number of aliphatic hydroxyl groups is 1. The van der Waals surface area contributed by atoms with Gasteiger partial charge in [-0.05, 0) is 41.1 Å². The van der Waals surface area contributed by atoms with Crippen LogP contribution in [-0.4, -0.2) is 10.1 Å². The lowest BCUT2D eigenvalue weighted by molar-refractivity contribution is 0.145. The predicted molar refractivity (Wildman–Crippen MR) is 52.6 cm³/mol. The molecule has 0 atom stereocenters. The second-order valence-corrected chi connectivity index (χ2v) is 3.64. The van der Waals surface area contributed by atoms with E-state index in [1.807, 2.05) is 22.6 Å². The maximum absolute atomic E-state index is 12.2. The van der Waals surface area contributed by atoms with Crippen LogP contribution in [0.4, 0.5) is 8.78 Å². The molecule has 1 N–H and O–H groups in total. The van der Waals surface area contributed by atoms with E-state index in [2.05, 4.69) is 4.98 Å². The van der Waals surface area contributed by atoms with E-state index in [-0.39, 0.29) is 12.3 Å². The van der Waals surface area contributed by atoms with Gasteiger partial charge in [0.1, 0.15) is 5.69 Å². The van der Waals surface area contributed by atoms with Gasteiger partial charge in [0.2, 0.25) is 0 Å². The van der Waals surface area contributed by atoms with Gasteiger partial charge in [-0.1, -0.05) is 0 Å². The van der Waals surface area contributed by atoms with Gasteiger partial charge in [-0.3, -0.25) is 4.98 Å². The van der Waals surface area contributed by atoms with Gasteiger partial charge < -0.3 is 5.11 Å². The summed E-state index contributed by atoms with van der Waals surface area (Å²) in [6.07, 6.45) is -2.58. The molecule has 0 bridgehead atoms. The van der Waals surface area contributed by atoms with Crippen LogP contribution in [0, 0.1) is 10.5 Å². The van der Waals surface area contributed by atoms with Crippen LogP contribution >= 0.6 is 22.6 Å². The maximum Gasteiger partial charge on any atom is 0.280 e. The molecular weight excluding hydrogens is 291 g/mol. The second-order valence-electron chi connectivity index (χ2n) is 2.56. The molecule has 72 valence electrons. The number of hydrogen-bond acceptors (Lipinski definition) is 2. The molecule has 13 heavy (non-hydrogen) atoms. The van der Waals surface area contributed by atoms with Crippen molar-refractivity contribution in [3.05, 3.63) is 26.6 Å². The van der Waals surface area contributed by atoms with Crippen LogP contribution in [-0.2, 0) is 6.61 Å². The van der Waals surface area contributed by atoms with E-state index in [0.29, 0.717) is 11.3 Å². The van der Waals surface area contributed by atoms with Crippen molar-refractivity contribution in [3.63, 3.8) is 0 Å². The SMILES string of the molecule is Cc1nc(C(F)F)cc(CO)c1I.